The minimum absolute atomic E-state index is 0.0287. The number of halogens is 1. The molecule has 0 unspecified atom stereocenters. The van der Waals surface area contributed by atoms with E-state index >= 15 is 0 Å². The van der Waals surface area contributed by atoms with Crippen molar-refractivity contribution in [3.63, 3.8) is 0 Å². The number of benzene rings is 2. The Morgan fingerprint density at radius 2 is 1.62 bits per heavy atom. The van der Waals surface area contributed by atoms with Crippen LogP contribution in [-0.4, -0.2) is 27.3 Å². The molecule has 0 spiro atoms. The van der Waals surface area contributed by atoms with Crippen molar-refractivity contribution >= 4 is 46.9 Å². The monoisotopic (exact) mass is 478 g/mol. The molecular formula is C24H19ClN4O5. The molecule has 4 rings (SSSR count). The number of imide groups is 2. The third kappa shape index (κ3) is 3.97. The van der Waals surface area contributed by atoms with Gasteiger partial charge in [0.05, 0.1) is 10.6 Å². The van der Waals surface area contributed by atoms with E-state index in [1.54, 1.807) is 44.2 Å². The normalized spacial score (nSPS) is 15.1. The Labute approximate surface area is 199 Å². The van der Waals surface area contributed by atoms with Gasteiger partial charge in [0.25, 0.3) is 17.5 Å². The van der Waals surface area contributed by atoms with Crippen molar-refractivity contribution in [3.05, 3.63) is 91.8 Å². The Hall–Kier alpha value is -4.24. The number of aryl methyl sites for hydroxylation is 2. The van der Waals surface area contributed by atoms with Crippen molar-refractivity contribution in [2.75, 3.05) is 4.90 Å². The number of nitrogens with one attached hydrogen (secondary N) is 1. The van der Waals surface area contributed by atoms with Crippen LogP contribution in [-0.2, 0) is 9.59 Å². The number of non-ortho nitro benzene ring substituents is 1. The van der Waals surface area contributed by atoms with Crippen LogP contribution < -0.4 is 10.2 Å². The zero-order valence-electron chi connectivity index (χ0n) is 18.5. The van der Waals surface area contributed by atoms with Crippen molar-refractivity contribution in [3.8, 4) is 5.69 Å². The number of anilines is 1. The van der Waals surface area contributed by atoms with Crippen LogP contribution >= 0.6 is 11.6 Å². The highest BCUT2D eigenvalue weighted by Crippen LogP contribution is 2.28. The van der Waals surface area contributed by atoms with E-state index in [1.807, 2.05) is 11.5 Å². The Kier molecular flexibility index (Phi) is 5.80. The average Bonchev–Trinajstić information content (AvgIpc) is 3.06. The largest absolute Gasteiger partial charge is 0.335 e. The molecule has 2 aromatic carbocycles. The lowest BCUT2D eigenvalue weighted by molar-refractivity contribution is -0.384. The molecule has 1 aliphatic rings. The average molecular weight is 479 g/mol. The Morgan fingerprint density at radius 1 is 0.971 bits per heavy atom. The molecule has 1 aliphatic heterocycles. The quantitative estimate of drug-likeness (QED) is 0.254. The molecule has 172 valence electrons. The minimum atomic E-state index is -0.858. The van der Waals surface area contributed by atoms with Gasteiger partial charge in [0.15, 0.2) is 0 Å². The summed E-state index contributed by atoms with van der Waals surface area (Å²) < 4.78 is 1.85. The maximum Gasteiger partial charge on any atom is 0.335 e. The maximum absolute atomic E-state index is 13.2. The predicted octanol–water partition coefficient (Wildman–Crippen LogP) is 4.63. The van der Waals surface area contributed by atoms with Crippen molar-refractivity contribution in [2.24, 2.45) is 0 Å². The van der Waals surface area contributed by atoms with Crippen LogP contribution in [0.4, 0.5) is 16.2 Å². The number of hydrogen-bond acceptors (Lipinski definition) is 5. The number of nitrogens with zero attached hydrogens (tertiary/aromatic N) is 3. The van der Waals surface area contributed by atoms with Gasteiger partial charge in [-0.05, 0) is 68.3 Å². The van der Waals surface area contributed by atoms with E-state index in [2.05, 4.69) is 5.32 Å². The fourth-order valence-corrected chi connectivity index (χ4v) is 4.00. The SMILES string of the molecule is Cc1ccc(N2C(=O)NC(=O)/C(=C\c3cc(C)n(-c4ccc([N+](=O)[O-])cc4)c3C)C2=O)cc1Cl. The van der Waals surface area contributed by atoms with Gasteiger partial charge in [-0.3, -0.25) is 25.0 Å². The summed E-state index contributed by atoms with van der Waals surface area (Å²) >= 11 is 6.16. The summed E-state index contributed by atoms with van der Waals surface area (Å²) in [7, 11) is 0. The third-order valence-corrected chi connectivity index (χ3v) is 6.01. The molecule has 0 saturated carbocycles. The van der Waals surface area contributed by atoms with E-state index < -0.39 is 22.8 Å². The van der Waals surface area contributed by atoms with Gasteiger partial charge >= 0.3 is 6.03 Å². The summed E-state index contributed by atoms with van der Waals surface area (Å²) in [6.07, 6.45) is 1.43. The van der Waals surface area contributed by atoms with Gasteiger partial charge in [0.1, 0.15) is 5.57 Å². The first kappa shape index (κ1) is 22.9. The first-order valence-electron chi connectivity index (χ1n) is 10.2. The van der Waals surface area contributed by atoms with Gasteiger partial charge in [-0.15, -0.1) is 0 Å². The second-order valence-corrected chi connectivity index (χ2v) is 8.23. The number of nitro benzene ring substituents is 1. The highest BCUT2D eigenvalue weighted by Gasteiger charge is 2.37. The standard InChI is InChI=1S/C24H19ClN4O5/c1-13-4-5-19(12-21(13)25)28-23(31)20(22(30)26-24(28)32)11-16-10-14(2)27(15(16)3)17-6-8-18(9-7-17)29(33)34/h4-12H,1-3H3,(H,26,30,32)/b20-11+. The van der Waals surface area contributed by atoms with Crippen molar-refractivity contribution in [2.45, 2.75) is 20.8 Å². The van der Waals surface area contributed by atoms with E-state index in [0.29, 0.717) is 22.0 Å². The molecule has 0 aliphatic carbocycles. The lowest BCUT2D eigenvalue weighted by Crippen LogP contribution is -2.54. The molecule has 1 N–H and O–H groups in total. The molecule has 1 saturated heterocycles. The van der Waals surface area contributed by atoms with Gasteiger partial charge in [0.2, 0.25) is 0 Å². The van der Waals surface area contributed by atoms with Crippen molar-refractivity contribution in [1.82, 2.24) is 9.88 Å². The predicted molar refractivity (Wildman–Crippen MR) is 127 cm³/mol. The third-order valence-electron chi connectivity index (χ3n) is 5.60. The van der Waals surface area contributed by atoms with Crippen LogP contribution in [0.5, 0.6) is 0 Å². The van der Waals surface area contributed by atoms with E-state index in [9.17, 15) is 24.5 Å². The first-order valence-corrected chi connectivity index (χ1v) is 10.6. The highest BCUT2D eigenvalue weighted by atomic mass is 35.5. The number of carbonyl (C=O) groups is 3. The van der Waals surface area contributed by atoms with Gasteiger partial charge in [-0.1, -0.05) is 17.7 Å². The van der Waals surface area contributed by atoms with Crippen molar-refractivity contribution in [1.29, 1.82) is 0 Å². The van der Waals surface area contributed by atoms with Gasteiger partial charge in [-0.25, -0.2) is 9.69 Å². The number of hydrogen-bond donors (Lipinski definition) is 1. The van der Waals surface area contributed by atoms with Crippen molar-refractivity contribution < 1.29 is 19.3 Å². The Bertz CT molecular complexity index is 1410. The highest BCUT2D eigenvalue weighted by molar-refractivity contribution is 6.39. The summed E-state index contributed by atoms with van der Waals surface area (Å²) in [5.41, 5.74) is 3.57. The molecular weight excluding hydrogens is 460 g/mol. The number of aromatic nitrogens is 1. The van der Waals surface area contributed by atoms with E-state index in [0.717, 1.165) is 16.2 Å². The number of amides is 4. The molecule has 0 atom stereocenters. The van der Waals surface area contributed by atoms with E-state index in [-0.39, 0.29) is 16.9 Å². The summed E-state index contributed by atoms with van der Waals surface area (Å²) in [5.74, 6) is -1.57. The molecule has 9 nitrogen and oxygen atoms in total. The summed E-state index contributed by atoms with van der Waals surface area (Å²) in [6, 6.07) is 11.7. The van der Waals surface area contributed by atoms with Crippen LogP contribution in [0.25, 0.3) is 11.8 Å². The first-order chi connectivity index (χ1) is 16.1. The smallest absolute Gasteiger partial charge is 0.318 e. The van der Waals surface area contributed by atoms with E-state index in [1.165, 1.54) is 24.3 Å². The van der Waals surface area contributed by atoms with Gasteiger partial charge in [0, 0.05) is 34.2 Å². The fraction of sp³-hybridized carbons (Fsp3) is 0.125. The molecule has 2 heterocycles. The second kappa shape index (κ2) is 8.60. The molecule has 1 fully saturated rings. The second-order valence-electron chi connectivity index (χ2n) is 7.83. The lowest BCUT2D eigenvalue weighted by Gasteiger charge is -2.26. The molecule has 34 heavy (non-hydrogen) atoms. The number of barbiturate groups is 1. The number of urea groups is 1. The van der Waals surface area contributed by atoms with Crippen LogP contribution in [0.3, 0.4) is 0 Å². The number of carbonyl (C=O) groups excluding carboxylic acids is 3. The minimum Gasteiger partial charge on any atom is -0.318 e. The summed E-state index contributed by atoms with van der Waals surface area (Å²) in [6.45, 7) is 5.43. The summed E-state index contributed by atoms with van der Waals surface area (Å²) in [5, 5.41) is 13.5. The molecule has 0 radical (unpaired) electrons. The molecule has 10 heteroatoms. The molecule has 0 bridgehead atoms. The molecule has 1 aromatic heterocycles. The van der Waals surface area contributed by atoms with Gasteiger partial charge < -0.3 is 4.57 Å². The fourth-order valence-electron chi connectivity index (χ4n) is 3.82. The lowest BCUT2D eigenvalue weighted by atomic mass is 10.1. The molecule has 3 aromatic rings. The van der Waals surface area contributed by atoms with Crippen LogP contribution in [0, 0.1) is 30.9 Å². The zero-order valence-corrected chi connectivity index (χ0v) is 19.2. The topological polar surface area (TPSA) is 115 Å². The van der Waals surface area contributed by atoms with Crippen LogP contribution in [0.15, 0.2) is 54.1 Å². The summed E-state index contributed by atoms with van der Waals surface area (Å²) in [4.78, 5) is 49.5. The zero-order chi connectivity index (χ0) is 24.7. The Morgan fingerprint density at radius 3 is 2.24 bits per heavy atom. The van der Waals surface area contributed by atoms with E-state index in [4.69, 9.17) is 11.6 Å². The van der Waals surface area contributed by atoms with Gasteiger partial charge in [-0.2, -0.15) is 0 Å². The maximum atomic E-state index is 13.2. The Balaban J connectivity index is 1.74. The molecule has 4 amide bonds. The number of nitro groups is 1. The van der Waals surface area contributed by atoms with Crippen LogP contribution in [0.1, 0.15) is 22.5 Å². The number of rotatable bonds is 4. The van der Waals surface area contributed by atoms with Crippen LogP contribution in [0.2, 0.25) is 5.02 Å².